The highest BCUT2D eigenvalue weighted by atomic mass is 19.1. The van der Waals surface area contributed by atoms with Gasteiger partial charge in [0.1, 0.15) is 5.82 Å². The van der Waals surface area contributed by atoms with Crippen molar-refractivity contribution < 1.29 is 23.1 Å². The van der Waals surface area contributed by atoms with Crippen LogP contribution in [0, 0.1) is 18.6 Å². The van der Waals surface area contributed by atoms with Gasteiger partial charge in [-0.15, -0.1) is 0 Å². The van der Waals surface area contributed by atoms with Gasteiger partial charge in [0.05, 0.1) is 35.4 Å². The van der Waals surface area contributed by atoms with Crippen LogP contribution in [-0.4, -0.2) is 67.4 Å². The molecule has 5 aromatic rings. The van der Waals surface area contributed by atoms with Crippen LogP contribution in [0.25, 0.3) is 16.6 Å². The smallest absolute Gasteiger partial charge is 0.240 e. The van der Waals surface area contributed by atoms with Crippen LogP contribution < -0.4 is 10.5 Å². The van der Waals surface area contributed by atoms with E-state index in [4.69, 9.17) is 10.5 Å². The molecule has 1 amide bonds. The lowest BCUT2D eigenvalue weighted by molar-refractivity contribution is -0.136. The lowest BCUT2D eigenvalue weighted by atomic mass is 9.95. The number of nitrogens with one attached hydrogen (secondary N) is 1. The lowest BCUT2D eigenvalue weighted by Gasteiger charge is -2.33. The van der Waals surface area contributed by atoms with Gasteiger partial charge in [-0.05, 0) is 80.7 Å². The Kier molecular flexibility index (Phi) is 7.08. The summed E-state index contributed by atoms with van der Waals surface area (Å²) in [6.45, 7) is 3.87. The number of aryl methyl sites for hydroxylation is 1. The number of carbonyl (C=O) groups excluding carboxylic acids is 2. The third kappa shape index (κ3) is 5.00. The molecule has 12 heteroatoms. The van der Waals surface area contributed by atoms with Crippen LogP contribution in [0.15, 0.2) is 54.9 Å². The van der Waals surface area contributed by atoms with Crippen LogP contribution >= 0.6 is 0 Å². The maximum Gasteiger partial charge on any atom is 0.240 e. The molecule has 5 heterocycles. The minimum absolute atomic E-state index is 0.0120. The molecule has 2 aliphatic rings. The fourth-order valence-electron chi connectivity index (χ4n) is 6.38. The number of H-pyrrole nitrogens is 1. The zero-order valence-corrected chi connectivity index (χ0v) is 24.8. The molecular weight excluding hydrogens is 580 g/mol. The van der Waals surface area contributed by atoms with Crippen molar-refractivity contribution in [1.29, 1.82) is 0 Å². The van der Waals surface area contributed by atoms with Crippen LogP contribution in [0.2, 0.25) is 0 Å². The summed E-state index contributed by atoms with van der Waals surface area (Å²) in [5.41, 5.74) is 11.1. The van der Waals surface area contributed by atoms with E-state index in [0.717, 1.165) is 53.5 Å². The molecule has 3 aromatic heterocycles. The summed E-state index contributed by atoms with van der Waals surface area (Å²) in [5.74, 6) is -2.27. The Morgan fingerprint density at radius 1 is 1.09 bits per heavy atom. The predicted molar refractivity (Wildman–Crippen MR) is 163 cm³/mol. The number of nitrogen functional groups attached to an aromatic ring is 1. The van der Waals surface area contributed by atoms with E-state index in [1.807, 2.05) is 30.1 Å². The molecule has 1 atom stereocenters. The number of anilines is 1. The van der Waals surface area contributed by atoms with E-state index in [2.05, 4.69) is 20.0 Å². The van der Waals surface area contributed by atoms with E-state index >= 15 is 0 Å². The van der Waals surface area contributed by atoms with Gasteiger partial charge in [-0.25, -0.2) is 18.4 Å². The molecule has 2 aromatic carbocycles. The number of likely N-dealkylation sites (N-methyl/N-ethyl adjacent to an activating group) is 1. The molecule has 1 saturated heterocycles. The molecule has 0 radical (unpaired) electrons. The van der Waals surface area contributed by atoms with Crippen LogP contribution in [0.5, 0.6) is 11.6 Å². The first-order valence-corrected chi connectivity index (χ1v) is 14.8. The van der Waals surface area contributed by atoms with Crippen molar-refractivity contribution in [1.82, 2.24) is 29.5 Å². The van der Waals surface area contributed by atoms with Crippen molar-refractivity contribution in [3.8, 4) is 17.3 Å². The summed E-state index contributed by atoms with van der Waals surface area (Å²) in [5, 5.41) is 5.29. The lowest BCUT2D eigenvalue weighted by Crippen LogP contribution is -2.46. The monoisotopic (exact) mass is 611 g/mol. The number of ether oxygens (including phenoxy) is 1. The Labute approximate surface area is 257 Å². The quantitative estimate of drug-likeness (QED) is 0.262. The SMILES string of the molecule is Cc1cc(Oc2c(F)cccc2F)ncc1-n1ncc(C(=O)c2cc3c4c(ccc3[nH]2)CN(C(=O)C2CCCN2C)CC4)c1N. The molecule has 3 N–H and O–H groups in total. The number of aromatic nitrogens is 4. The zero-order valence-electron chi connectivity index (χ0n) is 24.8. The third-order valence-electron chi connectivity index (χ3n) is 8.83. The van der Waals surface area contributed by atoms with E-state index in [1.165, 1.54) is 29.2 Å². The van der Waals surface area contributed by atoms with Crippen LogP contribution in [0.4, 0.5) is 14.6 Å². The van der Waals surface area contributed by atoms with E-state index in [0.29, 0.717) is 36.5 Å². The average molecular weight is 612 g/mol. The number of benzene rings is 2. The van der Waals surface area contributed by atoms with Crippen molar-refractivity contribution in [2.24, 2.45) is 0 Å². The second kappa shape index (κ2) is 11.1. The summed E-state index contributed by atoms with van der Waals surface area (Å²) >= 11 is 0. The Balaban J connectivity index is 1.12. The van der Waals surface area contributed by atoms with Gasteiger partial charge < -0.3 is 20.4 Å². The molecule has 0 saturated carbocycles. The second-order valence-corrected chi connectivity index (χ2v) is 11.6. The number of nitrogens with two attached hydrogens (primary N) is 1. The summed E-state index contributed by atoms with van der Waals surface area (Å²) in [7, 11) is 2.01. The number of carbonyl (C=O) groups is 2. The van der Waals surface area contributed by atoms with Crippen molar-refractivity contribution in [2.45, 2.75) is 38.8 Å². The third-order valence-corrected chi connectivity index (χ3v) is 8.83. The fourth-order valence-corrected chi connectivity index (χ4v) is 6.38. The second-order valence-electron chi connectivity index (χ2n) is 11.6. The van der Waals surface area contributed by atoms with E-state index in [9.17, 15) is 18.4 Å². The fraction of sp³-hybridized carbons (Fsp3) is 0.273. The zero-order chi connectivity index (χ0) is 31.4. The number of halogens is 2. The number of fused-ring (bicyclic) bond motifs is 3. The van der Waals surface area contributed by atoms with Crippen LogP contribution in [-0.2, 0) is 17.8 Å². The molecule has 1 fully saturated rings. The first kappa shape index (κ1) is 28.7. The number of aromatic amines is 1. The first-order valence-electron chi connectivity index (χ1n) is 14.8. The van der Waals surface area contributed by atoms with Crippen molar-refractivity contribution >= 4 is 28.4 Å². The maximum atomic E-state index is 14.0. The van der Waals surface area contributed by atoms with Crippen molar-refractivity contribution in [2.75, 3.05) is 25.9 Å². The normalized spacial score (nSPS) is 16.7. The van der Waals surface area contributed by atoms with Crippen molar-refractivity contribution in [3.63, 3.8) is 0 Å². The summed E-state index contributed by atoms with van der Waals surface area (Å²) in [6, 6.07) is 10.7. The molecule has 0 aliphatic carbocycles. The van der Waals surface area contributed by atoms with Gasteiger partial charge in [0.25, 0.3) is 0 Å². The average Bonchev–Trinajstić information content (AvgIpc) is 3.76. The van der Waals surface area contributed by atoms with E-state index in [-0.39, 0.29) is 35.0 Å². The summed E-state index contributed by atoms with van der Waals surface area (Å²) in [4.78, 5) is 38.3. The van der Waals surface area contributed by atoms with Gasteiger partial charge in [0.2, 0.25) is 23.3 Å². The number of pyridine rings is 1. The topological polar surface area (TPSA) is 122 Å². The number of likely N-dealkylation sites (tertiary alicyclic amines) is 1. The number of rotatable bonds is 6. The molecule has 10 nitrogen and oxygen atoms in total. The maximum absolute atomic E-state index is 14.0. The van der Waals surface area contributed by atoms with E-state index < -0.39 is 17.4 Å². The molecule has 230 valence electrons. The largest absolute Gasteiger partial charge is 0.433 e. The highest BCUT2D eigenvalue weighted by Crippen LogP contribution is 2.32. The van der Waals surface area contributed by atoms with Gasteiger partial charge in [-0.1, -0.05) is 12.1 Å². The van der Waals surface area contributed by atoms with E-state index in [1.54, 1.807) is 6.92 Å². The number of hydrogen-bond donors (Lipinski definition) is 2. The highest BCUT2D eigenvalue weighted by molar-refractivity contribution is 6.12. The minimum atomic E-state index is -0.847. The molecule has 1 unspecified atom stereocenters. The number of hydrogen-bond acceptors (Lipinski definition) is 7. The molecule has 0 bridgehead atoms. The van der Waals surface area contributed by atoms with Gasteiger partial charge in [0.15, 0.2) is 11.6 Å². The minimum Gasteiger partial charge on any atom is -0.433 e. The first-order chi connectivity index (χ1) is 21.7. The number of para-hydroxylation sites is 1. The summed E-state index contributed by atoms with van der Waals surface area (Å²) < 4.78 is 34.8. The number of amides is 1. The Bertz CT molecular complexity index is 1960. The molecular formula is C33H31F2N7O3. The molecule has 0 spiro atoms. The standard InChI is InChI=1S/C33H31F2N7O3/c1-18-13-29(45-31-23(34)5-3-6-24(31)35)37-16-28(18)42-32(36)22(15-38-42)30(43)26-14-21-20-10-12-41(17-19(20)8-9-25(21)39-26)33(44)27-7-4-11-40(27)2/h3,5-6,8-9,13-16,27,39H,4,7,10-12,17,36H2,1-2H3. The van der Waals surface area contributed by atoms with Gasteiger partial charge in [-0.2, -0.15) is 5.10 Å². The molecule has 7 rings (SSSR count). The van der Waals surface area contributed by atoms with Crippen molar-refractivity contribution in [3.05, 3.63) is 94.4 Å². The van der Waals surface area contributed by atoms with Gasteiger partial charge >= 0.3 is 0 Å². The summed E-state index contributed by atoms with van der Waals surface area (Å²) in [6.07, 6.45) is 5.46. The highest BCUT2D eigenvalue weighted by Gasteiger charge is 2.33. The van der Waals surface area contributed by atoms with Gasteiger partial charge in [-0.3, -0.25) is 14.5 Å². The number of ketones is 1. The predicted octanol–water partition coefficient (Wildman–Crippen LogP) is 4.92. The number of nitrogens with zero attached hydrogens (tertiary/aromatic N) is 5. The van der Waals surface area contributed by atoms with Crippen LogP contribution in [0.1, 0.15) is 45.6 Å². The Morgan fingerprint density at radius 3 is 2.62 bits per heavy atom. The molecule has 45 heavy (non-hydrogen) atoms. The molecule has 2 aliphatic heterocycles. The van der Waals surface area contributed by atoms with Crippen LogP contribution in [0.3, 0.4) is 0 Å². The Morgan fingerprint density at radius 2 is 1.89 bits per heavy atom. The Hall–Kier alpha value is -5.10. The van der Waals surface area contributed by atoms with Gasteiger partial charge in [0, 0.05) is 30.1 Å².